The molecule has 0 bridgehead atoms. The quantitative estimate of drug-likeness (QED) is 0.642. The Balaban J connectivity index is 1.82. The van der Waals surface area contributed by atoms with Crippen molar-refractivity contribution in [3.8, 4) is 0 Å². The molecule has 0 unspecified atom stereocenters. The van der Waals surface area contributed by atoms with Crippen LogP contribution in [0.3, 0.4) is 0 Å². The van der Waals surface area contributed by atoms with Crippen molar-refractivity contribution in [2.45, 2.75) is 0 Å². The number of nitrogens with zero attached hydrogens (tertiary/aromatic N) is 1. The van der Waals surface area contributed by atoms with Gasteiger partial charge in [0.1, 0.15) is 0 Å². The fraction of sp³-hybridized carbons (Fsp3) is 0. The first-order valence-corrected chi connectivity index (χ1v) is 7.85. The minimum absolute atomic E-state index is 0.190. The van der Waals surface area contributed by atoms with Crippen LogP contribution in [0.2, 0.25) is 5.02 Å². The number of carbonyl (C=O) groups excluding carboxylic acids is 1. The van der Waals surface area contributed by atoms with Crippen LogP contribution in [0, 0.1) is 0 Å². The number of aliphatic imine (C=N–C) groups is 1. The van der Waals surface area contributed by atoms with Gasteiger partial charge in [-0.2, -0.15) is 0 Å². The number of halogens is 1. The number of carbonyl (C=O) groups is 1. The maximum atomic E-state index is 12.5. The molecule has 24 heavy (non-hydrogen) atoms. The Kier molecular flexibility index (Phi) is 5.04. The molecule has 0 spiro atoms. The number of nitrogens with one attached hydrogen (secondary N) is 1. The number of benzene rings is 3. The molecule has 118 valence electrons. The van der Waals surface area contributed by atoms with E-state index in [9.17, 15) is 4.79 Å². The molecule has 0 radical (unpaired) electrons. The molecule has 0 atom stereocenters. The van der Waals surface area contributed by atoms with Crippen LogP contribution in [0.25, 0.3) is 0 Å². The number of anilines is 1. The summed E-state index contributed by atoms with van der Waals surface area (Å²) in [6.45, 7) is 0. The predicted molar refractivity (Wildman–Crippen MR) is 99.5 cm³/mol. The molecule has 0 aromatic heterocycles. The van der Waals surface area contributed by atoms with Crippen molar-refractivity contribution in [1.29, 1.82) is 0 Å². The molecule has 1 N–H and O–H groups in total. The lowest BCUT2D eigenvalue weighted by atomic mass is 10.1. The van der Waals surface area contributed by atoms with Crippen LogP contribution in [0.4, 0.5) is 11.4 Å². The van der Waals surface area contributed by atoms with Crippen LogP contribution in [-0.4, -0.2) is 12.1 Å². The summed E-state index contributed by atoms with van der Waals surface area (Å²) < 4.78 is 0. The van der Waals surface area contributed by atoms with Crippen LogP contribution < -0.4 is 5.32 Å². The summed E-state index contributed by atoms with van der Waals surface area (Å²) in [5, 5.41) is 3.55. The highest BCUT2D eigenvalue weighted by molar-refractivity contribution is 6.30. The Labute approximate surface area is 145 Å². The molecule has 3 aromatic rings. The fourth-order valence-electron chi connectivity index (χ4n) is 2.19. The first kappa shape index (κ1) is 16.0. The van der Waals surface area contributed by atoms with Gasteiger partial charge < -0.3 is 5.32 Å². The Morgan fingerprint density at radius 3 is 2.29 bits per heavy atom. The van der Waals surface area contributed by atoms with Crippen molar-refractivity contribution in [2.75, 3.05) is 5.32 Å². The molecule has 0 saturated carbocycles. The molecule has 4 heteroatoms. The number of rotatable bonds is 4. The lowest BCUT2D eigenvalue weighted by Gasteiger charge is -2.07. The Morgan fingerprint density at radius 1 is 0.875 bits per heavy atom. The number of amides is 1. The van der Waals surface area contributed by atoms with Crippen LogP contribution in [0.5, 0.6) is 0 Å². The Hall–Kier alpha value is -2.91. The van der Waals surface area contributed by atoms with Crippen molar-refractivity contribution < 1.29 is 4.79 Å². The van der Waals surface area contributed by atoms with Gasteiger partial charge in [0.2, 0.25) is 0 Å². The first-order valence-electron chi connectivity index (χ1n) is 7.47. The van der Waals surface area contributed by atoms with Crippen LogP contribution in [-0.2, 0) is 0 Å². The third kappa shape index (κ3) is 4.09. The van der Waals surface area contributed by atoms with E-state index in [0.29, 0.717) is 16.3 Å². The van der Waals surface area contributed by atoms with Crippen LogP contribution >= 0.6 is 11.6 Å². The zero-order valence-corrected chi connectivity index (χ0v) is 13.6. The Bertz CT molecular complexity index is 858. The zero-order chi connectivity index (χ0) is 16.8. The summed E-state index contributed by atoms with van der Waals surface area (Å²) in [7, 11) is 0. The van der Waals surface area contributed by atoms with Gasteiger partial charge in [0.15, 0.2) is 0 Å². The van der Waals surface area contributed by atoms with E-state index in [2.05, 4.69) is 10.3 Å². The average molecular weight is 335 g/mol. The van der Waals surface area contributed by atoms with Gasteiger partial charge in [-0.25, -0.2) is 0 Å². The van der Waals surface area contributed by atoms with Gasteiger partial charge in [0.05, 0.1) is 11.3 Å². The van der Waals surface area contributed by atoms with Crippen molar-refractivity contribution in [3.05, 3.63) is 95.0 Å². The summed E-state index contributed by atoms with van der Waals surface area (Å²) >= 11 is 5.88. The van der Waals surface area contributed by atoms with Gasteiger partial charge in [0, 0.05) is 16.9 Å². The van der Waals surface area contributed by atoms with E-state index in [1.54, 1.807) is 24.4 Å². The van der Waals surface area contributed by atoms with Crippen LogP contribution in [0.1, 0.15) is 15.9 Å². The maximum absolute atomic E-state index is 12.5. The molecule has 1 amide bonds. The van der Waals surface area contributed by atoms with Crippen LogP contribution in [0.15, 0.2) is 83.9 Å². The predicted octanol–water partition coefficient (Wildman–Crippen LogP) is 5.34. The second kappa shape index (κ2) is 7.57. The van der Waals surface area contributed by atoms with Crippen molar-refractivity contribution >= 4 is 35.1 Å². The lowest BCUT2D eigenvalue weighted by Crippen LogP contribution is -2.11. The molecule has 0 saturated heterocycles. The molecular weight excluding hydrogens is 320 g/mol. The highest BCUT2D eigenvalue weighted by Crippen LogP contribution is 2.20. The highest BCUT2D eigenvalue weighted by Gasteiger charge is 2.10. The maximum Gasteiger partial charge on any atom is 0.257 e. The zero-order valence-electron chi connectivity index (χ0n) is 12.8. The van der Waals surface area contributed by atoms with E-state index in [1.807, 2.05) is 60.7 Å². The van der Waals surface area contributed by atoms with Gasteiger partial charge in [-0.3, -0.25) is 9.79 Å². The van der Waals surface area contributed by atoms with Gasteiger partial charge in [-0.1, -0.05) is 54.1 Å². The molecule has 3 nitrogen and oxygen atoms in total. The molecule has 3 rings (SSSR count). The normalized spacial score (nSPS) is 10.7. The second-order valence-corrected chi connectivity index (χ2v) is 5.58. The van der Waals surface area contributed by atoms with Gasteiger partial charge in [-0.05, 0) is 42.0 Å². The van der Waals surface area contributed by atoms with Gasteiger partial charge >= 0.3 is 0 Å². The number of hydrogen-bond donors (Lipinski definition) is 1. The van der Waals surface area contributed by atoms with Crippen molar-refractivity contribution in [3.63, 3.8) is 0 Å². The SMILES string of the molecule is O=C(Nc1ccccc1)c1ccccc1N=Cc1ccc(Cl)cc1. The molecule has 0 aliphatic heterocycles. The minimum Gasteiger partial charge on any atom is -0.322 e. The van der Waals surface area contributed by atoms with Crippen molar-refractivity contribution in [1.82, 2.24) is 0 Å². The summed E-state index contributed by atoms with van der Waals surface area (Å²) in [6, 6.07) is 23.9. The third-order valence-corrected chi connectivity index (χ3v) is 3.66. The summed E-state index contributed by atoms with van der Waals surface area (Å²) in [5.74, 6) is -0.190. The average Bonchev–Trinajstić information content (AvgIpc) is 2.62. The van der Waals surface area contributed by atoms with E-state index in [4.69, 9.17) is 11.6 Å². The summed E-state index contributed by atoms with van der Waals surface area (Å²) in [5.41, 5.74) is 2.80. The smallest absolute Gasteiger partial charge is 0.257 e. The summed E-state index contributed by atoms with van der Waals surface area (Å²) in [4.78, 5) is 16.9. The molecule has 0 fully saturated rings. The fourth-order valence-corrected chi connectivity index (χ4v) is 2.32. The van der Waals surface area contributed by atoms with E-state index >= 15 is 0 Å². The van der Waals surface area contributed by atoms with Crippen molar-refractivity contribution in [2.24, 2.45) is 4.99 Å². The van der Waals surface area contributed by atoms with E-state index < -0.39 is 0 Å². The largest absolute Gasteiger partial charge is 0.322 e. The molecule has 3 aromatic carbocycles. The number of hydrogen-bond acceptors (Lipinski definition) is 2. The topological polar surface area (TPSA) is 41.5 Å². The molecule has 0 heterocycles. The van der Waals surface area contributed by atoms with E-state index in [-0.39, 0.29) is 5.91 Å². The molecule has 0 aliphatic rings. The van der Waals surface area contributed by atoms with E-state index in [1.165, 1.54) is 0 Å². The minimum atomic E-state index is -0.190. The highest BCUT2D eigenvalue weighted by atomic mass is 35.5. The van der Waals surface area contributed by atoms with E-state index in [0.717, 1.165) is 11.3 Å². The molecular formula is C20H15ClN2O. The summed E-state index contributed by atoms with van der Waals surface area (Å²) in [6.07, 6.45) is 1.71. The number of para-hydroxylation sites is 2. The van der Waals surface area contributed by atoms with Gasteiger partial charge in [-0.15, -0.1) is 0 Å². The first-order chi connectivity index (χ1) is 11.7. The second-order valence-electron chi connectivity index (χ2n) is 5.15. The third-order valence-electron chi connectivity index (χ3n) is 3.40. The Morgan fingerprint density at radius 2 is 1.54 bits per heavy atom. The van der Waals surface area contributed by atoms with Gasteiger partial charge in [0.25, 0.3) is 5.91 Å². The monoisotopic (exact) mass is 334 g/mol. The lowest BCUT2D eigenvalue weighted by molar-refractivity contribution is 0.102. The molecule has 0 aliphatic carbocycles. The standard InChI is InChI=1S/C20H15ClN2O/c21-16-12-10-15(11-13-16)14-22-19-9-5-4-8-18(19)20(24)23-17-6-2-1-3-7-17/h1-14H,(H,23,24).